The summed E-state index contributed by atoms with van der Waals surface area (Å²) in [6.45, 7) is 8.77. The third kappa shape index (κ3) is 2.76. The Morgan fingerprint density at radius 2 is 2.13 bits per heavy atom. The summed E-state index contributed by atoms with van der Waals surface area (Å²) in [6, 6.07) is 0.197. The first-order valence-electron chi connectivity index (χ1n) is 6.08. The van der Waals surface area contributed by atoms with Crippen molar-refractivity contribution in [2.24, 2.45) is 23.5 Å². The molecule has 1 rings (SSSR count). The molecule has 0 saturated carbocycles. The van der Waals surface area contributed by atoms with Crippen molar-refractivity contribution in [2.45, 2.75) is 52.0 Å². The zero-order valence-electron chi connectivity index (χ0n) is 10.3. The van der Waals surface area contributed by atoms with Gasteiger partial charge in [-0.2, -0.15) is 0 Å². The second kappa shape index (κ2) is 5.36. The van der Waals surface area contributed by atoms with Crippen LogP contribution in [0.3, 0.4) is 0 Å². The third-order valence-electron chi connectivity index (χ3n) is 4.02. The quantitative estimate of drug-likeness (QED) is 0.581. The highest BCUT2D eigenvalue weighted by Crippen LogP contribution is 2.38. The van der Waals surface area contributed by atoms with Gasteiger partial charge in [0.15, 0.2) is 0 Å². The molecule has 0 fully saturated rings. The van der Waals surface area contributed by atoms with E-state index in [1.165, 1.54) is 18.4 Å². The Morgan fingerprint density at radius 1 is 1.53 bits per heavy atom. The van der Waals surface area contributed by atoms with E-state index >= 15 is 0 Å². The van der Waals surface area contributed by atoms with Gasteiger partial charge in [-0.3, -0.25) is 0 Å². The number of hydrogen-bond acceptors (Lipinski definition) is 1. The Kier molecular flexibility index (Phi) is 4.66. The van der Waals surface area contributed by atoms with E-state index in [0.717, 1.165) is 5.92 Å². The average Bonchev–Trinajstić information content (AvgIpc) is 2.21. The molecule has 1 aliphatic rings. The van der Waals surface area contributed by atoms with Crippen molar-refractivity contribution in [3.05, 3.63) is 11.6 Å². The second-order valence-electron chi connectivity index (χ2n) is 5.02. The number of allylic oxidation sites excluding steroid dienone is 1. The molecule has 15 heavy (non-hydrogen) atoms. The van der Waals surface area contributed by atoms with Crippen LogP contribution in [0.2, 0.25) is 0 Å². The molecule has 88 valence electrons. The summed E-state index contributed by atoms with van der Waals surface area (Å²) >= 11 is 6.52. The lowest BCUT2D eigenvalue weighted by atomic mass is 9.75. The van der Waals surface area contributed by atoms with Gasteiger partial charge in [-0.25, -0.2) is 0 Å². The van der Waals surface area contributed by atoms with Crippen LogP contribution in [0, 0.1) is 17.8 Å². The predicted molar refractivity (Wildman–Crippen MR) is 68.1 cm³/mol. The van der Waals surface area contributed by atoms with Crippen LogP contribution in [0.15, 0.2) is 11.6 Å². The van der Waals surface area contributed by atoms with E-state index in [4.69, 9.17) is 17.3 Å². The van der Waals surface area contributed by atoms with Crippen molar-refractivity contribution in [3.8, 4) is 0 Å². The SMILES string of the molecule is CCC1CC=C(C(C)C(C)N)C(Cl)[C@@H]1C. The lowest BCUT2D eigenvalue weighted by molar-refractivity contribution is 0.319. The first-order valence-corrected chi connectivity index (χ1v) is 6.52. The highest BCUT2D eigenvalue weighted by atomic mass is 35.5. The Morgan fingerprint density at radius 3 is 2.60 bits per heavy atom. The summed E-state index contributed by atoms with van der Waals surface area (Å²) in [5.41, 5.74) is 7.31. The maximum absolute atomic E-state index is 6.52. The number of alkyl halides is 1. The number of hydrogen-bond donors (Lipinski definition) is 1. The van der Waals surface area contributed by atoms with Gasteiger partial charge in [-0.1, -0.05) is 38.8 Å². The topological polar surface area (TPSA) is 26.0 Å². The summed E-state index contributed by atoms with van der Waals surface area (Å²) in [5.74, 6) is 1.74. The van der Waals surface area contributed by atoms with Crippen LogP contribution < -0.4 is 5.73 Å². The van der Waals surface area contributed by atoms with Gasteiger partial charge < -0.3 is 5.73 Å². The van der Waals surface area contributed by atoms with Crippen LogP contribution in [0.4, 0.5) is 0 Å². The van der Waals surface area contributed by atoms with E-state index in [1.807, 2.05) is 0 Å². The lowest BCUT2D eigenvalue weighted by Gasteiger charge is -2.36. The molecule has 4 unspecified atom stereocenters. The molecule has 0 aromatic heterocycles. The molecule has 0 heterocycles. The van der Waals surface area contributed by atoms with Crippen LogP contribution in [-0.4, -0.2) is 11.4 Å². The Hall–Kier alpha value is -0.0100. The fraction of sp³-hybridized carbons (Fsp3) is 0.846. The van der Waals surface area contributed by atoms with Crippen molar-refractivity contribution in [1.82, 2.24) is 0 Å². The normalized spacial score (nSPS) is 35.9. The van der Waals surface area contributed by atoms with E-state index in [2.05, 4.69) is 33.8 Å². The van der Waals surface area contributed by atoms with Crippen molar-refractivity contribution in [2.75, 3.05) is 0 Å². The first kappa shape index (κ1) is 13.1. The summed E-state index contributed by atoms with van der Waals surface area (Å²) in [6.07, 6.45) is 4.73. The first-order chi connectivity index (χ1) is 6.99. The monoisotopic (exact) mass is 229 g/mol. The molecule has 2 N–H and O–H groups in total. The van der Waals surface area contributed by atoms with Crippen LogP contribution in [0.25, 0.3) is 0 Å². The molecule has 0 aromatic carbocycles. The molecular weight excluding hydrogens is 206 g/mol. The zero-order chi connectivity index (χ0) is 11.6. The molecular formula is C13H24ClN. The van der Waals surface area contributed by atoms with Gasteiger partial charge in [0.05, 0.1) is 5.38 Å². The molecule has 0 aromatic rings. The molecule has 0 aliphatic heterocycles. The lowest BCUT2D eigenvalue weighted by Crippen LogP contribution is -2.35. The number of halogens is 1. The molecule has 0 bridgehead atoms. The standard InChI is InChI=1S/C13H24ClN/c1-5-11-6-7-12(8(2)10(4)15)13(14)9(11)3/h7-11,13H,5-6,15H2,1-4H3/t8?,9-,10?,11?,13?/m1/s1. The molecule has 0 saturated heterocycles. The van der Waals surface area contributed by atoms with Crippen molar-refractivity contribution >= 4 is 11.6 Å². The maximum atomic E-state index is 6.52. The molecule has 1 aliphatic carbocycles. The minimum atomic E-state index is 0.185. The van der Waals surface area contributed by atoms with E-state index in [-0.39, 0.29) is 11.4 Å². The number of rotatable bonds is 3. The van der Waals surface area contributed by atoms with E-state index in [0.29, 0.717) is 11.8 Å². The smallest absolute Gasteiger partial charge is 0.0576 e. The fourth-order valence-corrected chi connectivity index (χ4v) is 2.93. The average molecular weight is 230 g/mol. The van der Waals surface area contributed by atoms with Crippen molar-refractivity contribution in [1.29, 1.82) is 0 Å². The Balaban J connectivity index is 2.79. The van der Waals surface area contributed by atoms with Gasteiger partial charge in [0.2, 0.25) is 0 Å². The molecule has 0 spiro atoms. The van der Waals surface area contributed by atoms with Crippen molar-refractivity contribution < 1.29 is 0 Å². The van der Waals surface area contributed by atoms with Gasteiger partial charge in [0, 0.05) is 6.04 Å². The fourth-order valence-electron chi connectivity index (χ4n) is 2.44. The maximum Gasteiger partial charge on any atom is 0.0576 e. The minimum Gasteiger partial charge on any atom is -0.327 e. The minimum absolute atomic E-state index is 0.185. The van der Waals surface area contributed by atoms with Crippen LogP contribution >= 0.6 is 11.6 Å². The summed E-state index contributed by atoms with van der Waals surface area (Å²) in [7, 11) is 0. The summed E-state index contributed by atoms with van der Waals surface area (Å²) in [5, 5.41) is 0.185. The molecule has 0 radical (unpaired) electrons. The van der Waals surface area contributed by atoms with Gasteiger partial charge >= 0.3 is 0 Å². The van der Waals surface area contributed by atoms with Gasteiger partial charge in [0.1, 0.15) is 0 Å². The molecule has 2 heteroatoms. The largest absolute Gasteiger partial charge is 0.327 e. The molecule has 0 amide bonds. The predicted octanol–water partition coefficient (Wildman–Crippen LogP) is 3.57. The highest BCUT2D eigenvalue weighted by molar-refractivity contribution is 6.22. The van der Waals surface area contributed by atoms with Crippen LogP contribution in [-0.2, 0) is 0 Å². The summed E-state index contributed by atoms with van der Waals surface area (Å²) in [4.78, 5) is 0. The summed E-state index contributed by atoms with van der Waals surface area (Å²) < 4.78 is 0. The van der Waals surface area contributed by atoms with E-state index < -0.39 is 0 Å². The Labute approximate surface area is 99.1 Å². The van der Waals surface area contributed by atoms with Gasteiger partial charge in [-0.15, -0.1) is 11.6 Å². The van der Waals surface area contributed by atoms with Gasteiger partial charge in [0.25, 0.3) is 0 Å². The van der Waals surface area contributed by atoms with E-state index in [1.54, 1.807) is 0 Å². The van der Waals surface area contributed by atoms with Gasteiger partial charge in [-0.05, 0) is 31.1 Å². The zero-order valence-corrected chi connectivity index (χ0v) is 11.1. The van der Waals surface area contributed by atoms with Crippen molar-refractivity contribution in [3.63, 3.8) is 0 Å². The molecule has 1 nitrogen and oxygen atoms in total. The number of nitrogens with two attached hydrogens (primary N) is 1. The second-order valence-corrected chi connectivity index (χ2v) is 5.49. The third-order valence-corrected chi connectivity index (χ3v) is 4.67. The molecule has 5 atom stereocenters. The Bertz CT molecular complexity index is 235. The van der Waals surface area contributed by atoms with Crippen LogP contribution in [0.5, 0.6) is 0 Å². The van der Waals surface area contributed by atoms with E-state index in [9.17, 15) is 0 Å². The highest BCUT2D eigenvalue weighted by Gasteiger charge is 2.32. The van der Waals surface area contributed by atoms with Crippen LogP contribution in [0.1, 0.15) is 40.5 Å².